The van der Waals surface area contributed by atoms with Crippen LogP contribution >= 0.6 is 0 Å². The van der Waals surface area contributed by atoms with Crippen molar-refractivity contribution in [2.45, 2.75) is 58.8 Å². The van der Waals surface area contributed by atoms with E-state index in [4.69, 9.17) is 14.2 Å². The topological polar surface area (TPSA) is 115 Å². The van der Waals surface area contributed by atoms with Crippen LogP contribution in [0.2, 0.25) is 0 Å². The van der Waals surface area contributed by atoms with Gasteiger partial charge in [-0.25, -0.2) is 9.59 Å². The van der Waals surface area contributed by atoms with Crippen molar-refractivity contribution in [1.82, 2.24) is 0 Å². The molecule has 0 bridgehead atoms. The van der Waals surface area contributed by atoms with Crippen molar-refractivity contribution in [2.75, 3.05) is 37.8 Å². The van der Waals surface area contributed by atoms with Crippen molar-refractivity contribution in [2.24, 2.45) is 20.5 Å². The predicted molar refractivity (Wildman–Crippen MR) is 190 cm³/mol. The zero-order valence-corrected chi connectivity index (χ0v) is 28.2. The van der Waals surface area contributed by atoms with Crippen LogP contribution < -0.4 is 9.64 Å². The van der Waals surface area contributed by atoms with Crippen molar-refractivity contribution in [3.8, 4) is 5.75 Å². The highest BCUT2D eigenvalue weighted by atomic mass is 16.5. The molecule has 0 aliphatic carbocycles. The molecule has 3 aromatic carbocycles. The van der Waals surface area contributed by atoms with Gasteiger partial charge >= 0.3 is 11.9 Å². The number of unbranched alkanes of at least 4 members (excludes halogenated alkanes) is 6. The summed E-state index contributed by atoms with van der Waals surface area (Å²) >= 11 is 0. The average molecular weight is 654 g/mol. The molecule has 0 aliphatic rings. The molecule has 0 aromatic heterocycles. The Hall–Kier alpha value is -5.12. The van der Waals surface area contributed by atoms with Crippen molar-refractivity contribution < 1.29 is 23.8 Å². The number of hydrogen-bond donors (Lipinski definition) is 0. The molecule has 10 nitrogen and oxygen atoms in total. The maximum absolute atomic E-state index is 11.3. The molecule has 0 heterocycles. The molecule has 254 valence electrons. The van der Waals surface area contributed by atoms with E-state index in [0.717, 1.165) is 67.0 Å². The van der Waals surface area contributed by atoms with E-state index in [0.29, 0.717) is 37.7 Å². The molecular formula is C38H47N5O5. The highest BCUT2D eigenvalue weighted by Crippen LogP contribution is 2.28. The van der Waals surface area contributed by atoms with Gasteiger partial charge in [-0.15, -0.1) is 0 Å². The molecule has 0 atom stereocenters. The maximum atomic E-state index is 11.3. The number of likely N-dealkylation sites (N-methyl/N-ethyl adjacent to an activating group) is 1. The largest absolute Gasteiger partial charge is 0.494 e. The molecule has 0 amide bonds. The number of rotatable bonds is 22. The Labute approximate surface area is 284 Å². The van der Waals surface area contributed by atoms with E-state index in [-0.39, 0.29) is 5.97 Å². The minimum Gasteiger partial charge on any atom is -0.494 e. The van der Waals surface area contributed by atoms with Crippen molar-refractivity contribution in [3.63, 3.8) is 0 Å². The summed E-state index contributed by atoms with van der Waals surface area (Å²) in [4.78, 5) is 24.4. The number of benzene rings is 3. The summed E-state index contributed by atoms with van der Waals surface area (Å²) < 4.78 is 16.0. The zero-order valence-electron chi connectivity index (χ0n) is 28.2. The van der Waals surface area contributed by atoms with Gasteiger partial charge in [0.1, 0.15) is 12.4 Å². The molecule has 0 aliphatic heterocycles. The average Bonchev–Trinajstić information content (AvgIpc) is 3.11. The molecule has 10 heteroatoms. The lowest BCUT2D eigenvalue weighted by Crippen LogP contribution is -2.27. The number of ether oxygens (including phenoxy) is 3. The van der Waals surface area contributed by atoms with Crippen LogP contribution in [0.25, 0.3) is 0 Å². The number of nitrogens with zero attached hydrogens (tertiary/aromatic N) is 5. The van der Waals surface area contributed by atoms with Crippen molar-refractivity contribution in [1.29, 1.82) is 0 Å². The first-order valence-electron chi connectivity index (χ1n) is 16.5. The smallest absolute Gasteiger partial charge is 0.330 e. The Morgan fingerprint density at radius 3 is 1.71 bits per heavy atom. The van der Waals surface area contributed by atoms with Crippen LogP contribution in [-0.2, 0) is 19.1 Å². The Balaban J connectivity index is 1.36. The molecule has 0 spiro atoms. The molecule has 0 saturated carbocycles. The predicted octanol–water partition coefficient (Wildman–Crippen LogP) is 10.2. The summed E-state index contributed by atoms with van der Waals surface area (Å²) in [6.45, 7) is 13.7. The summed E-state index contributed by atoms with van der Waals surface area (Å²) in [6.07, 6.45) is 9.96. The van der Waals surface area contributed by atoms with Crippen LogP contribution in [0.3, 0.4) is 0 Å². The van der Waals surface area contributed by atoms with Gasteiger partial charge in [-0.1, -0.05) is 45.3 Å². The van der Waals surface area contributed by atoms with Gasteiger partial charge in [0.15, 0.2) is 0 Å². The van der Waals surface area contributed by atoms with Crippen LogP contribution in [-0.4, -0.2) is 44.8 Å². The van der Waals surface area contributed by atoms with Gasteiger partial charge in [0.05, 0.1) is 42.5 Å². The second-order valence-corrected chi connectivity index (χ2v) is 11.0. The number of carbonyl (C=O) groups is 2. The first-order valence-corrected chi connectivity index (χ1v) is 16.5. The third-order valence-electron chi connectivity index (χ3n) is 7.41. The Morgan fingerprint density at radius 1 is 0.667 bits per heavy atom. The fourth-order valence-corrected chi connectivity index (χ4v) is 4.67. The highest BCUT2D eigenvalue weighted by molar-refractivity contribution is 5.81. The summed E-state index contributed by atoms with van der Waals surface area (Å²) in [5, 5.41) is 17.5. The van der Waals surface area contributed by atoms with Crippen molar-refractivity contribution >= 4 is 40.4 Å². The highest BCUT2D eigenvalue weighted by Gasteiger charge is 2.08. The molecule has 0 fully saturated rings. The van der Waals surface area contributed by atoms with E-state index in [2.05, 4.69) is 51.5 Å². The maximum Gasteiger partial charge on any atom is 0.330 e. The van der Waals surface area contributed by atoms with Gasteiger partial charge < -0.3 is 19.1 Å². The van der Waals surface area contributed by atoms with E-state index in [1.807, 2.05) is 67.6 Å². The number of azo groups is 2. The summed E-state index contributed by atoms with van der Waals surface area (Å²) in [5.41, 5.74) is 4.95. The van der Waals surface area contributed by atoms with Gasteiger partial charge in [0, 0.05) is 24.4 Å². The molecule has 0 unspecified atom stereocenters. The van der Waals surface area contributed by atoms with E-state index in [9.17, 15) is 9.59 Å². The zero-order chi connectivity index (χ0) is 34.4. The third-order valence-corrected chi connectivity index (χ3v) is 7.41. The van der Waals surface area contributed by atoms with Gasteiger partial charge in [-0.3, -0.25) is 0 Å². The second-order valence-electron chi connectivity index (χ2n) is 11.0. The van der Waals surface area contributed by atoms with Gasteiger partial charge in [0.2, 0.25) is 0 Å². The van der Waals surface area contributed by atoms with E-state index >= 15 is 0 Å². The van der Waals surface area contributed by atoms with Gasteiger partial charge in [-0.05, 0) is 99.0 Å². The monoisotopic (exact) mass is 653 g/mol. The standard InChI is InChI=1S/C38H47N5O5/c1-5-37(44)47-27-14-12-10-8-9-11-13-26-46-35-22-19-33(20-23-35)40-39-31-15-17-32(18-16-31)41-42-36-24-21-34(29-30(36)4)43(7-3)25-28-48-38(45)6-2/h5-6,15-24,29H,1-2,7-14,25-28H2,3-4H3. The van der Waals surface area contributed by atoms with Crippen LogP contribution in [0.1, 0.15) is 57.4 Å². The molecule has 3 aromatic rings. The van der Waals surface area contributed by atoms with Gasteiger partial charge in [0.25, 0.3) is 0 Å². The quantitative estimate of drug-likeness (QED) is 0.0461. The molecule has 3 rings (SSSR count). The van der Waals surface area contributed by atoms with E-state index in [1.165, 1.54) is 25.0 Å². The lowest BCUT2D eigenvalue weighted by Gasteiger charge is -2.23. The normalized spacial score (nSPS) is 11.0. The lowest BCUT2D eigenvalue weighted by atomic mass is 10.1. The lowest BCUT2D eigenvalue weighted by molar-refractivity contribution is -0.138. The van der Waals surface area contributed by atoms with Gasteiger partial charge in [-0.2, -0.15) is 20.5 Å². The summed E-state index contributed by atoms with van der Waals surface area (Å²) in [6, 6.07) is 21.0. The number of anilines is 1. The van der Waals surface area contributed by atoms with Crippen molar-refractivity contribution in [3.05, 3.63) is 97.6 Å². The number of carbonyl (C=O) groups excluding carboxylic acids is 2. The molecular weight excluding hydrogens is 606 g/mol. The SMILES string of the molecule is C=CC(=O)OCCCCCCCCCOc1ccc(N=Nc2ccc(N=Nc3ccc(N(CC)CCOC(=O)C=C)cc3C)cc2)cc1. The minimum atomic E-state index is -0.420. The number of esters is 2. The summed E-state index contributed by atoms with van der Waals surface area (Å²) in [5.74, 6) is 0.0452. The minimum absolute atomic E-state index is 0.292. The molecule has 48 heavy (non-hydrogen) atoms. The van der Waals surface area contributed by atoms with Crippen LogP contribution in [0, 0.1) is 6.92 Å². The molecule has 0 saturated heterocycles. The first-order chi connectivity index (χ1) is 23.4. The number of hydrogen-bond acceptors (Lipinski definition) is 10. The molecule has 0 N–H and O–H groups in total. The van der Waals surface area contributed by atoms with Crippen LogP contribution in [0.4, 0.5) is 28.4 Å². The third kappa shape index (κ3) is 14.1. The van der Waals surface area contributed by atoms with Crippen LogP contribution in [0.15, 0.2) is 112 Å². The Kier molecular flexibility index (Phi) is 16.8. The second kappa shape index (κ2) is 21.6. The van der Waals surface area contributed by atoms with E-state index < -0.39 is 5.97 Å². The summed E-state index contributed by atoms with van der Waals surface area (Å²) in [7, 11) is 0. The number of aryl methyl sites for hydroxylation is 1. The van der Waals surface area contributed by atoms with E-state index in [1.54, 1.807) is 0 Å². The fraction of sp³-hybridized carbons (Fsp3) is 0.368. The first kappa shape index (κ1) is 37.3. The fourth-order valence-electron chi connectivity index (χ4n) is 4.67. The van der Waals surface area contributed by atoms with Crippen LogP contribution in [0.5, 0.6) is 5.75 Å². The Morgan fingerprint density at radius 2 is 1.17 bits per heavy atom. The Bertz CT molecular complexity index is 1500. The molecule has 0 radical (unpaired) electrons.